The zero-order valence-electron chi connectivity index (χ0n) is 13.7. The maximum Gasteiger partial charge on any atom is 0.334 e. The lowest BCUT2D eigenvalue weighted by Crippen LogP contribution is -2.43. The lowest BCUT2D eigenvalue weighted by Gasteiger charge is -2.28. The van der Waals surface area contributed by atoms with Gasteiger partial charge in [-0.2, -0.15) is 0 Å². The van der Waals surface area contributed by atoms with Crippen LogP contribution in [0.1, 0.15) is 20.3 Å². The molecule has 1 aromatic carbocycles. The zero-order valence-corrected chi connectivity index (χ0v) is 15.7. The second-order valence-electron chi connectivity index (χ2n) is 6.10. The molecule has 0 unspecified atom stereocenters. The molecule has 0 saturated heterocycles. The maximum atomic E-state index is 5.92. The predicted octanol–water partition coefficient (Wildman–Crippen LogP) is 4.14. The molecule has 0 aromatic heterocycles. The first-order valence-electron chi connectivity index (χ1n) is 7.77. The molecular formula is C16H30O2Si2. The fraction of sp³-hybridized carbons (Fsp3) is 0.625. The smallest absolute Gasteiger partial charge is 0.334 e. The summed E-state index contributed by atoms with van der Waals surface area (Å²) in [5, 5.41) is 1.55. The number of benzene rings is 1. The van der Waals surface area contributed by atoms with Crippen LogP contribution >= 0.6 is 0 Å². The van der Waals surface area contributed by atoms with Gasteiger partial charge in [-0.3, -0.25) is 0 Å². The van der Waals surface area contributed by atoms with E-state index in [0.29, 0.717) is 0 Å². The van der Waals surface area contributed by atoms with Crippen LogP contribution in [0.25, 0.3) is 0 Å². The van der Waals surface area contributed by atoms with Crippen LogP contribution in [-0.2, 0) is 8.85 Å². The SMILES string of the molecule is CCO[Si](C)(CCC[Si](C)(C)c1ccccc1)OCC. The molecule has 0 bridgehead atoms. The topological polar surface area (TPSA) is 18.5 Å². The third-order valence-corrected chi connectivity index (χ3v) is 10.4. The Kier molecular flexibility index (Phi) is 7.16. The van der Waals surface area contributed by atoms with Crippen molar-refractivity contribution in [3.8, 4) is 0 Å². The molecule has 0 saturated carbocycles. The molecule has 0 N–H and O–H groups in total. The summed E-state index contributed by atoms with van der Waals surface area (Å²) in [6, 6.07) is 13.4. The van der Waals surface area contributed by atoms with E-state index >= 15 is 0 Å². The summed E-state index contributed by atoms with van der Waals surface area (Å²) in [6.45, 7) is 12.8. The molecule has 0 fully saturated rings. The summed E-state index contributed by atoms with van der Waals surface area (Å²) in [6.07, 6.45) is 1.22. The van der Waals surface area contributed by atoms with E-state index in [0.717, 1.165) is 19.3 Å². The van der Waals surface area contributed by atoms with Gasteiger partial charge in [-0.25, -0.2) is 0 Å². The van der Waals surface area contributed by atoms with Crippen molar-refractivity contribution in [2.24, 2.45) is 0 Å². The van der Waals surface area contributed by atoms with Crippen molar-refractivity contribution >= 4 is 21.8 Å². The molecule has 114 valence electrons. The zero-order chi connectivity index (χ0) is 15.1. The summed E-state index contributed by atoms with van der Waals surface area (Å²) < 4.78 is 11.8. The van der Waals surface area contributed by atoms with Crippen LogP contribution in [0.15, 0.2) is 30.3 Å². The Labute approximate surface area is 126 Å². The average Bonchev–Trinajstić information content (AvgIpc) is 2.40. The average molecular weight is 311 g/mol. The van der Waals surface area contributed by atoms with Gasteiger partial charge in [-0.15, -0.1) is 0 Å². The highest BCUT2D eigenvalue weighted by molar-refractivity contribution is 6.89. The van der Waals surface area contributed by atoms with Crippen molar-refractivity contribution < 1.29 is 8.85 Å². The third kappa shape index (κ3) is 5.52. The fourth-order valence-electron chi connectivity index (χ4n) is 2.68. The van der Waals surface area contributed by atoms with E-state index in [1.54, 1.807) is 5.19 Å². The fourth-order valence-corrected chi connectivity index (χ4v) is 7.89. The van der Waals surface area contributed by atoms with Crippen LogP contribution in [0.5, 0.6) is 0 Å². The third-order valence-electron chi connectivity index (χ3n) is 3.89. The second kappa shape index (κ2) is 8.12. The molecule has 1 aromatic rings. The molecule has 2 nitrogen and oxygen atoms in total. The summed E-state index contributed by atoms with van der Waals surface area (Å²) in [5.41, 5.74) is 0. The lowest BCUT2D eigenvalue weighted by molar-refractivity contribution is 0.188. The number of hydrogen-bond donors (Lipinski definition) is 0. The van der Waals surface area contributed by atoms with Crippen LogP contribution < -0.4 is 5.19 Å². The highest BCUT2D eigenvalue weighted by Gasteiger charge is 2.32. The van der Waals surface area contributed by atoms with E-state index in [1.165, 1.54) is 12.5 Å². The van der Waals surface area contributed by atoms with E-state index in [1.807, 2.05) is 0 Å². The Morgan fingerprint density at radius 3 is 1.90 bits per heavy atom. The molecular weight excluding hydrogens is 280 g/mol. The Hall–Kier alpha value is -0.426. The minimum Gasteiger partial charge on any atom is -0.395 e. The van der Waals surface area contributed by atoms with Gasteiger partial charge in [0.25, 0.3) is 0 Å². The van der Waals surface area contributed by atoms with Crippen LogP contribution in [0.3, 0.4) is 0 Å². The maximum absolute atomic E-state index is 5.92. The highest BCUT2D eigenvalue weighted by atomic mass is 28.4. The molecule has 0 spiro atoms. The minimum atomic E-state index is -1.93. The van der Waals surface area contributed by atoms with Gasteiger partial charge >= 0.3 is 8.56 Å². The van der Waals surface area contributed by atoms with Crippen molar-refractivity contribution in [3.05, 3.63) is 30.3 Å². The van der Waals surface area contributed by atoms with Gasteiger partial charge in [-0.05, 0) is 26.4 Å². The Morgan fingerprint density at radius 1 is 0.850 bits per heavy atom. The summed E-state index contributed by atoms with van der Waals surface area (Å²) >= 11 is 0. The van der Waals surface area contributed by atoms with Crippen LogP contribution in [0.4, 0.5) is 0 Å². The largest absolute Gasteiger partial charge is 0.395 e. The summed E-state index contributed by atoms with van der Waals surface area (Å²) in [5.74, 6) is 0. The Balaban J connectivity index is 2.53. The van der Waals surface area contributed by atoms with Crippen LogP contribution in [0.2, 0.25) is 31.7 Å². The van der Waals surface area contributed by atoms with Gasteiger partial charge in [0.2, 0.25) is 0 Å². The first-order valence-corrected chi connectivity index (χ1v) is 13.5. The molecule has 1 rings (SSSR count). The van der Waals surface area contributed by atoms with E-state index in [9.17, 15) is 0 Å². The van der Waals surface area contributed by atoms with E-state index in [-0.39, 0.29) is 0 Å². The minimum absolute atomic E-state index is 0.766. The number of hydrogen-bond acceptors (Lipinski definition) is 2. The molecule has 0 aliphatic heterocycles. The molecule has 0 heterocycles. The Bertz CT molecular complexity index is 373. The quantitative estimate of drug-likeness (QED) is 0.638. The van der Waals surface area contributed by atoms with Crippen molar-refractivity contribution in [1.82, 2.24) is 0 Å². The van der Waals surface area contributed by atoms with Crippen molar-refractivity contribution in [1.29, 1.82) is 0 Å². The molecule has 0 atom stereocenters. The van der Waals surface area contributed by atoms with Crippen molar-refractivity contribution in [2.75, 3.05) is 13.2 Å². The van der Waals surface area contributed by atoms with Crippen molar-refractivity contribution in [2.45, 2.75) is 52.0 Å². The first-order chi connectivity index (χ1) is 9.43. The normalized spacial score (nSPS) is 12.7. The van der Waals surface area contributed by atoms with Gasteiger partial charge < -0.3 is 8.85 Å². The molecule has 4 heteroatoms. The molecule has 0 radical (unpaired) electrons. The highest BCUT2D eigenvalue weighted by Crippen LogP contribution is 2.21. The predicted molar refractivity (Wildman–Crippen MR) is 92.7 cm³/mol. The van der Waals surface area contributed by atoms with E-state index in [2.05, 4.69) is 63.8 Å². The van der Waals surface area contributed by atoms with Gasteiger partial charge in [0, 0.05) is 13.2 Å². The summed E-state index contributed by atoms with van der Waals surface area (Å²) in [7, 11) is -3.24. The lowest BCUT2D eigenvalue weighted by atomic mass is 10.4. The molecule has 0 aliphatic rings. The first kappa shape index (κ1) is 17.6. The molecule has 0 amide bonds. The van der Waals surface area contributed by atoms with Crippen LogP contribution in [-0.4, -0.2) is 29.8 Å². The molecule has 20 heavy (non-hydrogen) atoms. The molecule has 0 aliphatic carbocycles. The van der Waals surface area contributed by atoms with E-state index < -0.39 is 16.6 Å². The van der Waals surface area contributed by atoms with Gasteiger partial charge in [0.05, 0.1) is 8.07 Å². The van der Waals surface area contributed by atoms with Gasteiger partial charge in [0.15, 0.2) is 0 Å². The standard InChI is InChI=1S/C16H30O2Si2/c1-6-17-20(5,18-7-2)15-11-14-19(3,4)16-12-9-8-10-13-16/h8-10,12-13H,6-7,11,14-15H2,1-5H3. The second-order valence-corrected chi connectivity index (χ2v) is 14.3. The van der Waals surface area contributed by atoms with Gasteiger partial charge in [0.1, 0.15) is 0 Å². The number of rotatable bonds is 9. The van der Waals surface area contributed by atoms with E-state index in [4.69, 9.17) is 8.85 Å². The monoisotopic (exact) mass is 310 g/mol. The Morgan fingerprint density at radius 2 is 1.40 bits per heavy atom. The van der Waals surface area contributed by atoms with Gasteiger partial charge in [-0.1, -0.05) is 61.1 Å². The summed E-state index contributed by atoms with van der Waals surface area (Å²) in [4.78, 5) is 0. The van der Waals surface area contributed by atoms with Crippen LogP contribution in [0, 0.1) is 0 Å². The van der Waals surface area contributed by atoms with Crippen molar-refractivity contribution in [3.63, 3.8) is 0 Å².